The largest absolute Gasteiger partial charge is 0.383 e. The summed E-state index contributed by atoms with van der Waals surface area (Å²) in [5.74, 6) is 0.889. The molecular formula is C20H34N2O3S. The average molecular weight is 383 g/mol. The van der Waals surface area contributed by atoms with E-state index in [1.165, 1.54) is 5.56 Å². The molecule has 5 nitrogen and oxygen atoms in total. The molecule has 0 amide bonds. The van der Waals surface area contributed by atoms with Crippen LogP contribution in [0.3, 0.4) is 0 Å². The Hall–Kier alpha value is -0.950. The lowest BCUT2D eigenvalue weighted by molar-refractivity contribution is 0.123. The van der Waals surface area contributed by atoms with Gasteiger partial charge in [-0.1, -0.05) is 33.8 Å². The number of hydrogen-bond donors (Lipinski definition) is 0. The number of hydrogen-bond acceptors (Lipinski definition) is 4. The zero-order chi connectivity index (χ0) is 19.3. The number of methoxy groups -OCH3 is 1. The van der Waals surface area contributed by atoms with Gasteiger partial charge in [-0.25, -0.2) is 8.42 Å². The van der Waals surface area contributed by atoms with Crippen LogP contribution in [0.4, 0.5) is 0 Å². The SMILES string of the molecule is COCCN1CCN(S(=O)(=O)c2ccc(C(C)C)c(CC(C)C)c2)CC1. The van der Waals surface area contributed by atoms with Crippen LogP contribution in [-0.2, 0) is 21.2 Å². The van der Waals surface area contributed by atoms with Gasteiger partial charge in [0.05, 0.1) is 11.5 Å². The molecule has 0 radical (unpaired) electrons. The molecule has 0 N–H and O–H groups in total. The molecule has 1 aromatic rings. The van der Waals surface area contributed by atoms with Gasteiger partial charge < -0.3 is 4.74 Å². The molecule has 0 bridgehead atoms. The fraction of sp³-hybridized carbons (Fsp3) is 0.700. The van der Waals surface area contributed by atoms with Crippen LogP contribution >= 0.6 is 0 Å². The summed E-state index contributed by atoms with van der Waals surface area (Å²) in [6, 6.07) is 5.69. The third kappa shape index (κ3) is 5.28. The van der Waals surface area contributed by atoms with E-state index in [1.807, 2.05) is 12.1 Å². The highest BCUT2D eigenvalue weighted by atomic mass is 32.2. The summed E-state index contributed by atoms with van der Waals surface area (Å²) < 4.78 is 33.0. The fourth-order valence-electron chi connectivity index (χ4n) is 3.49. The molecule has 148 valence electrons. The highest BCUT2D eigenvalue weighted by Crippen LogP contribution is 2.27. The number of rotatable bonds is 8. The van der Waals surface area contributed by atoms with Crippen molar-refractivity contribution < 1.29 is 13.2 Å². The molecule has 1 saturated heterocycles. The van der Waals surface area contributed by atoms with Crippen molar-refractivity contribution in [2.45, 2.75) is 44.9 Å². The highest BCUT2D eigenvalue weighted by Gasteiger charge is 2.29. The van der Waals surface area contributed by atoms with E-state index < -0.39 is 10.0 Å². The number of piperazine rings is 1. The van der Waals surface area contributed by atoms with Gasteiger partial charge >= 0.3 is 0 Å². The van der Waals surface area contributed by atoms with Crippen LogP contribution in [0.15, 0.2) is 23.1 Å². The zero-order valence-corrected chi connectivity index (χ0v) is 17.7. The first-order valence-corrected chi connectivity index (χ1v) is 11.0. The van der Waals surface area contributed by atoms with Gasteiger partial charge in [0.1, 0.15) is 0 Å². The summed E-state index contributed by atoms with van der Waals surface area (Å²) in [5.41, 5.74) is 2.41. The number of sulfonamides is 1. The normalized spacial score (nSPS) is 17.3. The van der Waals surface area contributed by atoms with E-state index in [0.717, 1.165) is 31.6 Å². The summed E-state index contributed by atoms with van der Waals surface area (Å²) in [6.07, 6.45) is 0.904. The first-order valence-electron chi connectivity index (χ1n) is 9.60. The van der Waals surface area contributed by atoms with Gasteiger partial charge in [-0.15, -0.1) is 0 Å². The Kier molecular flexibility index (Phi) is 7.64. The highest BCUT2D eigenvalue weighted by molar-refractivity contribution is 7.89. The molecule has 0 spiro atoms. The maximum atomic E-state index is 13.1. The van der Waals surface area contributed by atoms with Crippen LogP contribution in [0.2, 0.25) is 0 Å². The lowest BCUT2D eigenvalue weighted by atomic mass is 9.92. The van der Waals surface area contributed by atoms with E-state index >= 15 is 0 Å². The molecule has 2 rings (SSSR count). The van der Waals surface area contributed by atoms with E-state index in [1.54, 1.807) is 17.5 Å². The van der Waals surface area contributed by atoms with Crippen LogP contribution in [0.5, 0.6) is 0 Å². The number of nitrogens with zero attached hydrogens (tertiary/aromatic N) is 2. The van der Waals surface area contributed by atoms with Gasteiger partial charge in [-0.2, -0.15) is 4.31 Å². The van der Waals surface area contributed by atoms with Crippen LogP contribution in [0.25, 0.3) is 0 Å². The van der Waals surface area contributed by atoms with E-state index in [9.17, 15) is 8.42 Å². The minimum Gasteiger partial charge on any atom is -0.383 e. The van der Waals surface area contributed by atoms with E-state index in [4.69, 9.17) is 4.74 Å². The number of ether oxygens (including phenoxy) is 1. The smallest absolute Gasteiger partial charge is 0.243 e. The van der Waals surface area contributed by atoms with E-state index in [-0.39, 0.29) is 0 Å². The Morgan fingerprint density at radius 3 is 2.27 bits per heavy atom. The molecular weight excluding hydrogens is 348 g/mol. The summed E-state index contributed by atoms with van der Waals surface area (Å²) in [6.45, 7) is 12.8. The molecule has 0 saturated carbocycles. The minimum absolute atomic E-state index is 0.393. The Balaban J connectivity index is 2.18. The second kappa shape index (κ2) is 9.31. The van der Waals surface area contributed by atoms with E-state index in [0.29, 0.717) is 36.4 Å². The monoisotopic (exact) mass is 382 g/mol. The molecule has 1 aliphatic heterocycles. The predicted octanol–water partition coefficient (Wildman–Crippen LogP) is 2.96. The Morgan fingerprint density at radius 1 is 1.08 bits per heavy atom. The van der Waals surface area contributed by atoms with Gasteiger partial charge in [0, 0.05) is 39.8 Å². The van der Waals surface area contributed by atoms with Gasteiger partial charge in [0.2, 0.25) is 10.0 Å². The van der Waals surface area contributed by atoms with Crippen molar-refractivity contribution in [1.82, 2.24) is 9.21 Å². The molecule has 1 fully saturated rings. The summed E-state index contributed by atoms with van der Waals surface area (Å²) in [4.78, 5) is 2.68. The molecule has 6 heteroatoms. The topological polar surface area (TPSA) is 49.9 Å². The molecule has 26 heavy (non-hydrogen) atoms. The van der Waals surface area contributed by atoms with Crippen LogP contribution < -0.4 is 0 Å². The maximum absolute atomic E-state index is 13.1. The quantitative estimate of drug-likeness (QED) is 0.694. The molecule has 0 aromatic heterocycles. The Morgan fingerprint density at radius 2 is 1.73 bits per heavy atom. The summed E-state index contributed by atoms with van der Waals surface area (Å²) in [7, 11) is -1.74. The van der Waals surface area contributed by atoms with Gasteiger partial charge in [0.25, 0.3) is 0 Å². The molecule has 1 aliphatic rings. The Bertz CT molecular complexity index is 678. The van der Waals surface area contributed by atoms with Crippen molar-refractivity contribution in [3.05, 3.63) is 29.3 Å². The van der Waals surface area contributed by atoms with Crippen molar-refractivity contribution in [3.8, 4) is 0 Å². The van der Waals surface area contributed by atoms with E-state index in [2.05, 4.69) is 32.6 Å². The third-order valence-electron chi connectivity index (χ3n) is 4.95. The lowest BCUT2D eigenvalue weighted by Gasteiger charge is -2.34. The number of benzene rings is 1. The first-order chi connectivity index (χ1) is 12.3. The van der Waals surface area contributed by atoms with Crippen molar-refractivity contribution in [2.75, 3.05) is 46.4 Å². The van der Waals surface area contributed by atoms with Crippen molar-refractivity contribution >= 4 is 10.0 Å². The van der Waals surface area contributed by atoms with Crippen LogP contribution in [0, 0.1) is 5.92 Å². The summed E-state index contributed by atoms with van der Waals surface area (Å²) >= 11 is 0. The third-order valence-corrected chi connectivity index (χ3v) is 6.84. The Labute approximate surface area is 159 Å². The first kappa shape index (κ1) is 21.4. The van der Waals surface area contributed by atoms with Crippen LogP contribution in [-0.4, -0.2) is 64.1 Å². The standard InChI is InChI=1S/C20H34N2O3S/c1-16(2)14-18-15-19(6-7-20(18)17(3)4)26(23,24)22-10-8-21(9-11-22)12-13-25-5/h6-7,15-17H,8-14H2,1-5H3. The molecule has 1 heterocycles. The summed E-state index contributed by atoms with van der Waals surface area (Å²) in [5, 5.41) is 0. The van der Waals surface area contributed by atoms with Crippen LogP contribution in [0.1, 0.15) is 44.7 Å². The second-order valence-electron chi connectivity index (χ2n) is 7.85. The minimum atomic E-state index is -3.43. The van der Waals surface area contributed by atoms with Crippen molar-refractivity contribution in [3.63, 3.8) is 0 Å². The van der Waals surface area contributed by atoms with Gasteiger partial charge in [0.15, 0.2) is 0 Å². The fourth-order valence-corrected chi connectivity index (χ4v) is 4.96. The molecule has 0 unspecified atom stereocenters. The predicted molar refractivity (Wildman–Crippen MR) is 106 cm³/mol. The molecule has 0 atom stereocenters. The zero-order valence-electron chi connectivity index (χ0n) is 16.9. The van der Waals surface area contributed by atoms with Crippen molar-refractivity contribution in [1.29, 1.82) is 0 Å². The van der Waals surface area contributed by atoms with Gasteiger partial charge in [-0.05, 0) is 41.5 Å². The lowest BCUT2D eigenvalue weighted by Crippen LogP contribution is -2.49. The average Bonchev–Trinajstić information content (AvgIpc) is 2.59. The second-order valence-corrected chi connectivity index (χ2v) is 9.79. The maximum Gasteiger partial charge on any atom is 0.243 e. The van der Waals surface area contributed by atoms with Gasteiger partial charge in [-0.3, -0.25) is 4.90 Å². The molecule has 0 aliphatic carbocycles. The molecule has 1 aromatic carbocycles. The van der Waals surface area contributed by atoms with Crippen molar-refractivity contribution in [2.24, 2.45) is 5.92 Å².